The molecular formula is C40H45F3N6O7. The topological polar surface area (TPSA) is 191 Å². The van der Waals surface area contributed by atoms with E-state index in [-0.39, 0.29) is 43.7 Å². The van der Waals surface area contributed by atoms with Crippen LogP contribution in [0.3, 0.4) is 0 Å². The number of carboxylic acid groups (broad SMARTS) is 1. The largest absolute Gasteiger partial charge is 0.490 e. The highest BCUT2D eigenvalue weighted by atomic mass is 19.4. The summed E-state index contributed by atoms with van der Waals surface area (Å²) in [6.45, 7) is 1.28. The highest BCUT2D eigenvalue weighted by Gasteiger charge is 2.38. The van der Waals surface area contributed by atoms with Crippen LogP contribution in [-0.4, -0.2) is 95.8 Å². The van der Waals surface area contributed by atoms with Gasteiger partial charge in [0.25, 0.3) is 0 Å². The normalized spacial score (nSPS) is 21.7. The summed E-state index contributed by atoms with van der Waals surface area (Å²) in [6, 6.07) is 23.7. The second-order valence-electron chi connectivity index (χ2n) is 13.7. The molecule has 2 aliphatic rings. The Hall–Kier alpha value is -5.74. The number of carboxylic acids is 1. The van der Waals surface area contributed by atoms with Crippen LogP contribution in [0, 0.1) is 0 Å². The number of hydrogen-bond acceptors (Lipinski definition) is 7. The molecule has 3 aromatic carbocycles. The third-order valence-corrected chi connectivity index (χ3v) is 9.47. The van der Waals surface area contributed by atoms with E-state index in [9.17, 15) is 32.3 Å². The molecule has 0 radical (unpaired) electrons. The van der Waals surface area contributed by atoms with E-state index in [2.05, 4.69) is 31.6 Å². The first-order chi connectivity index (χ1) is 26.9. The summed E-state index contributed by atoms with van der Waals surface area (Å²) in [5.74, 6) is -4.40. The number of amides is 4. The number of alkyl halides is 3. The maximum atomic E-state index is 14.1. The minimum atomic E-state index is -5.08. The Morgan fingerprint density at radius 1 is 0.750 bits per heavy atom. The van der Waals surface area contributed by atoms with Crippen molar-refractivity contribution >= 4 is 40.5 Å². The fourth-order valence-electron chi connectivity index (χ4n) is 6.60. The van der Waals surface area contributed by atoms with Gasteiger partial charge in [-0.3, -0.25) is 19.2 Å². The van der Waals surface area contributed by atoms with E-state index in [0.29, 0.717) is 32.5 Å². The number of fused-ring (bicyclic) bond motifs is 1. The van der Waals surface area contributed by atoms with Crippen LogP contribution in [0.5, 0.6) is 0 Å². The smallest absolute Gasteiger partial charge is 0.475 e. The number of ether oxygens (including phenoxy) is 1. The second-order valence-corrected chi connectivity index (χ2v) is 13.7. The van der Waals surface area contributed by atoms with Gasteiger partial charge in [0.1, 0.15) is 12.1 Å². The number of rotatable bonds is 8. The van der Waals surface area contributed by atoms with E-state index in [1.54, 1.807) is 0 Å². The van der Waals surface area contributed by atoms with Crippen molar-refractivity contribution in [2.24, 2.45) is 0 Å². The van der Waals surface area contributed by atoms with Gasteiger partial charge in [-0.2, -0.15) is 13.2 Å². The average molecular weight is 779 g/mol. The molecule has 0 spiro atoms. The van der Waals surface area contributed by atoms with Gasteiger partial charge in [-0.05, 0) is 42.0 Å². The first kappa shape index (κ1) is 41.4. The summed E-state index contributed by atoms with van der Waals surface area (Å²) in [5.41, 5.74) is 3.62. The minimum absolute atomic E-state index is 0.0000581. The maximum absolute atomic E-state index is 14.1. The third-order valence-electron chi connectivity index (χ3n) is 9.47. The van der Waals surface area contributed by atoms with Crippen LogP contribution in [0.4, 0.5) is 13.2 Å². The Labute approximate surface area is 321 Å². The third kappa shape index (κ3) is 12.4. The zero-order valence-electron chi connectivity index (χ0n) is 30.4. The lowest BCUT2D eigenvalue weighted by molar-refractivity contribution is -0.192. The summed E-state index contributed by atoms with van der Waals surface area (Å²) in [4.78, 5) is 67.8. The molecule has 4 amide bonds. The summed E-state index contributed by atoms with van der Waals surface area (Å²) >= 11 is 0. The fourth-order valence-corrected chi connectivity index (χ4v) is 6.60. The fraction of sp³-hybridized carbons (Fsp3) is 0.375. The van der Waals surface area contributed by atoms with Gasteiger partial charge in [0.2, 0.25) is 23.6 Å². The van der Waals surface area contributed by atoms with Crippen LogP contribution < -0.4 is 26.6 Å². The van der Waals surface area contributed by atoms with E-state index in [1.807, 2.05) is 91.1 Å². The van der Waals surface area contributed by atoms with Crippen LogP contribution in [-0.2, 0) is 48.0 Å². The lowest BCUT2D eigenvalue weighted by atomic mass is 10.00. The summed E-state index contributed by atoms with van der Waals surface area (Å²) in [7, 11) is 0. The molecule has 4 atom stereocenters. The van der Waals surface area contributed by atoms with E-state index < -0.39 is 48.1 Å². The SMILES string of the molecule is O=C(O)C(F)(F)F.O=C1C[C@@H](NC2CCOCC2)C(=O)NC[C@@H](Cc2ccccc2)NC(=O)[C@H](Cc2ccccc2)NC(=O)[C@H](Cc2c[nH]c3ccccc23)N1. The van der Waals surface area contributed by atoms with Crippen molar-refractivity contribution in [2.45, 2.75) is 74.9 Å². The summed E-state index contributed by atoms with van der Waals surface area (Å²) < 4.78 is 37.2. The number of nitrogens with one attached hydrogen (secondary N) is 6. The Kier molecular flexibility index (Phi) is 14.6. The molecule has 2 fully saturated rings. The zero-order chi connectivity index (χ0) is 40.1. The Bertz CT molecular complexity index is 1940. The summed E-state index contributed by atoms with van der Waals surface area (Å²) in [5, 5.41) is 23.5. The van der Waals surface area contributed by atoms with Crippen molar-refractivity contribution in [3.05, 3.63) is 108 Å². The molecule has 0 aliphatic carbocycles. The second kappa shape index (κ2) is 19.7. The molecular weight excluding hydrogens is 733 g/mol. The molecule has 2 saturated heterocycles. The molecule has 0 bridgehead atoms. The molecule has 4 aromatic rings. The summed E-state index contributed by atoms with van der Waals surface area (Å²) in [6.07, 6.45) is -1.10. The van der Waals surface area contributed by atoms with Crippen molar-refractivity contribution < 1.29 is 47.0 Å². The van der Waals surface area contributed by atoms with E-state index in [0.717, 1.165) is 27.6 Å². The molecule has 7 N–H and O–H groups in total. The predicted molar refractivity (Wildman–Crippen MR) is 200 cm³/mol. The molecule has 56 heavy (non-hydrogen) atoms. The Balaban J connectivity index is 0.000000784. The van der Waals surface area contributed by atoms with Crippen LogP contribution in [0.2, 0.25) is 0 Å². The standard InChI is InChI=1S/C38H44N6O5.C2HF3O2/c45-35-22-34(41-28-15-17-49-18-16-28)36(46)40-24-29(19-25-9-3-1-4-10-25)42-37(47)32(20-26-11-5-2-6-12-26)44-38(48)33(43-35)21-27-23-39-31-14-8-7-13-30(27)31;3-2(4,5)1(6)7/h1-14,23,28-29,32-34,39,41H,15-22,24H2,(H,40,46)(H,42,47)(H,43,45)(H,44,48);(H,6,7)/t29-,32+,33+,34-;/m1./s1. The number of aromatic nitrogens is 1. The predicted octanol–water partition coefficient (Wildman–Crippen LogP) is 2.94. The molecule has 298 valence electrons. The molecule has 6 rings (SSSR count). The first-order valence-electron chi connectivity index (χ1n) is 18.3. The number of halogens is 3. The van der Waals surface area contributed by atoms with Crippen LogP contribution >= 0.6 is 0 Å². The van der Waals surface area contributed by atoms with Gasteiger partial charge in [0.05, 0.1) is 18.5 Å². The quantitative estimate of drug-likeness (QED) is 0.142. The number of hydrogen-bond donors (Lipinski definition) is 7. The van der Waals surface area contributed by atoms with Crippen LogP contribution in [0.25, 0.3) is 10.9 Å². The number of carbonyl (C=O) groups is 5. The first-order valence-corrected chi connectivity index (χ1v) is 18.3. The van der Waals surface area contributed by atoms with Gasteiger partial charge in [0, 0.05) is 55.7 Å². The van der Waals surface area contributed by atoms with E-state index in [1.165, 1.54) is 0 Å². The number of aromatic amines is 1. The van der Waals surface area contributed by atoms with Crippen LogP contribution in [0.15, 0.2) is 91.1 Å². The number of aliphatic carboxylic acids is 1. The van der Waals surface area contributed by atoms with Crippen LogP contribution in [0.1, 0.15) is 36.0 Å². The number of benzene rings is 3. The monoisotopic (exact) mass is 778 g/mol. The molecule has 13 nitrogen and oxygen atoms in total. The van der Waals surface area contributed by atoms with E-state index >= 15 is 0 Å². The van der Waals surface area contributed by atoms with Crippen molar-refractivity contribution in [2.75, 3.05) is 19.8 Å². The van der Waals surface area contributed by atoms with Gasteiger partial charge in [0.15, 0.2) is 0 Å². The Morgan fingerprint density at radius 2 is 1.32 bits per heavy atom. The molecule has 16 heteroatoms. The zero-order valence-corrected chi connectivity index (χ0v) is 30.4. The number of para-hydroxylation sites is 1. The van der Waals surface area contributed by atoms with Crippen molar-refractivity contribution in [1.82, 2.24) is 31.6 Å². The van der Waals surface area contributed by atoms with Crippen molar-refractivity contribution in [3.63, 3.8) is 0 Å². The van der Waals surface area contributed by atoms with Gasteiger partial charge < -0.3 is 41.4 Å². The highest BCUT2D eigenvalue weighted by Crippen LogP contribution is 2.20. The molecule has 0 saturated carbocycles. The molecule has 3 heterocycles. The highest BCUT2D eigenvalue weighted by molar-refractivity contribution is 5.95. The molecule has 2 aliphatic heterocycles. The van der Waals surface area contributed by atoms with Crippen molar-refractivity contribution in [1.29, 1.82) is 0 Å². The average Bonchev–Trinajstić information content (AvgIpc) is 3.59. The van der Waals surface area contributed by atoms with Crippen molar-refractivity contribution in [3.8, 4) is 0 Å². The lowest BCUT2D eigenvalue weighted by Gasteiger charge is -2.30. The molecule has 1 aromatic heterocycles. The number of carbonyl (C=O) groups excluding carboxylic acids is 4. The maximum Gasteiger partial charge on any atom is 0.490 e. The Morgan fingerprint density at radius 3 is 1.96 bits per heavy atom. The number of H-pyrrole nitrogens is 1. The van der Waals surface area contributed by atoms with Gasteiger partial charge in [-0.25, -0.2) is 4.79 Å². The van der Waals surface area contributed by atoms with Gasteiger partial charge >= 0.3 is 12.1 Å². The minimum Gasteiger partial charge on any atom is -0.475 e. The lowest BCUT2D eigenvalue weighted by Crippen LogP contribution is -2.59. The van der Waals surface area contributed by atoms with E-state index in [4.69, 9.17) is 14.6 Å². The van der Waals surface area contributed by atoms with Gasteiger partial charge in [-0.15, -0.1) is 0 Å². The van der Waals surface area contributed by atoms with Gasteiger partial charge in [-0.1, -0.05) is 78.9 Å². The molecule has 0 unspecified atom stereocenters.